The zero-order valence-corrected chi connectivity index (χ0v) is 9.73. The van der Waals surface area contributed by atoms with Gasteiger partial charge in [0.25, 0.3) is 0 Å². The molecule has 0 aliphatic heterocycles. The first-order valence-corrected chi connectivity index (χ1v) is 5.60. The summed E-state index contributed by atoms with van der Waals surface area (Å²) in [6.45, 7) is -0.105. The Kier molecular flexibility index (Phi) is 3.71. The van der Waals surface area contributed by atoms with E-state index in [0.717, 1.165) is 16.7 Å². The SMILES string of the molecule is N#Cc1ccc(Cc2ccc(F)cc2)c(CO)c1. The van der Waals surface area contributed by atoms with E-state index in [4.69, 9.17) is 5.26 Å². The van der Waals surface area contributed by atoms with Crippen molar-refractivity contribution < 1.29 is 9.50 Å². The number of aliphatic hydroxyl groups is 1. The molecular formula is C15H12FNO. The molecule has 3 heteroatoms. The zero-order valence-electron chi connectivity index (χ0n) is 9.73. The number of benzene rings is 2. The molecule has 2 aromatic carbocycles. The zero-order chi connectivity index (χ0) is 13.0. The Labute approximate surface area is 105 Å². The molecule has 0 unspecified atom stereocenters. The number of hydrogen-bond acceptors (Lipinski definition) is 2. The molecule has 0 aliphatic carbocycles. The molecule has 0 saturated heterocycles. The lowest BCUT2D eigenvalue weighted by Gasteiger charge is -2.08. The van der Waals surface area contributed by atoms with Gasteiger partial charge in [0.1, 0.15) is 5.82 Å². The molecule has 1 N–H and O–H groups in total. The first-order chi connectivity index (χ1) is 8.72. The Balaban J connectivity index is 2.29. The molecule has 2 aromatic rings. The Morgan fingerprint density at radius 3 is 2.39 bits per heavy atom. The average molecular weight is 241 g/mol. The summed E-state index contributed by atoms with van der Waals surface area (Å²) < 4.78 is 12.8. The predicted molar refractivity (Wildman–Crippen MR) is 66.3 cm³/mol. The van der Waals surface area contributed by atoms with E-state index in [-0.39, 0.29) is 12.4 Å². The third kappa shape index (κ3) is 2.73. The monoisotopic (exact) mass is 241 g/mol. The van der Waals surface area contributed by atoms with E-state index in [1.165, 1.54) is 12.1 Å². The Morgan fingerprint density at radius 2 is 1.78 bits per heavy atom. The van der Waals surface area contributed by atoms with Crippen LogP contribution in [0.5, 0.6) is 0 Å². The molecule has 0 saturated carbocycles. The summed E-state index contributed by atoms with van der Waals surface area (Å²) in [5.74, 6) is -0.263. The highest BCUT2D eigenvalue weighted by atomic mass is 19.1. The van der Waals surface area contributed by atoms with Gasteiger partial charge in [0.2, 0.25) is 0 Å². The summed E-state index contributed by atoms with van der Waals surface area (Å²) >= 11 is 0. The molecule has 0 radical (unpaired) electrons. The van der Waals surface area contributed by atoms with Crippen molar-refractivity contribution >= 4 is 0 Å². The van der Waals surface area contributed by atoms with Crippen molar-refractivity contribution in [3.8, 4) is 6.07 Å². The molecule has 0 atom stereocenters. The van der Waals surface area contributed by atoms with E-state index in [1.54, 1.807) is 24.3 Å². The molecule has 18 heavy (non-hydrogen) atoms. The van der Waals surface area contributed by atoms with Crippen LogP contribution in [0.25, 0.3) is 0 Å². The van der Waals surface area contributed by atoms with E-state index in [1.807, 2.05) is 12.1 Å². The fraction of sp³-hybridized carbons (Fsp3) is 0.133. The van der Waals surface area contributed by atoms with Gasteiger partial charge in [-0.2, -0.15) is 5.26 Å². The quantitative estimate of drug-likeness (QED) is 0.898. The van der Waals surface area contributed by atoms with Gasteiger partial charge in [0, 0.05) is 0 Å². The first kappa shape index (κ1) is 12.3. The molecule has 0 aliphatic rings. The highest BCUT2D eigenvalue weighted by Crippen LogP contribution is 2.16. The van der Waals surface area contributed by atoms with Crippen molar-refractivity contribution in [1.82, 2.24) is 0 Å². The largest absolute Gasteiger partial charge is 0.392 e. The summed E-state index contributed by atoms with van der Waals surface area (Å²) in [6, 6.07) is 13.5. The van der Waals surface area contributed by atoms with Gasteiger partial charge in [-0.05, 0) is 47.4 Å². The lowest BCUT2D eigenvalue weighted by Crippen LogP contribution is -1.96. The molecule has 0 bridgehead atoms. The van der Waals surface area contributed by atoms with Gasteiger partial charge in [0.15, 0.2) is 0 Å². The minimum atomic E-state index is -0.263. The van der Waals surface area contributed by atoms with Crippen molar-refractivity contribution in [3.05, 3.63) is 70.5 Å². The molecule has 0 heterocycles. The molecule has 0 fully saturated rings. The maximum atomic E-state index is 12.8. The van der Waals surface area contributed by atoms with Gasteiger partial charge in [-0.25, -0.2) is 4.39 Å². The minimum Gasteiger partial charge on any atom is -0.392 e. The van der Waals surface area contributed by atoms with Crippen LogP contribution in [0, 0.1) is 17.1 Å². The third-order valence-corrected chi connectivity index (χ3v) is 2.81. The van der Waals surface area contributed by atoms with Crippen molar-refractivity contribution in [2.45, 2.75) is 13.0 Å². The van der Waals surface area contributed by atoms with Crippen LogP contribution in [0.2, 0.25) is 0 Å². The van der Waals surface area contributed by atoms with Crippen molar-refractivity contribution in [2.75, 3.05) is 0 Å². The fourth-order valence-corrected chi connectivity index (χ4v) is 1.84. The summed E-state index contributed by atoms with van der Waals surface area (Å²) in [6.07, 6.45) is 0.613. The maximum Gasteiger partial charge on any atom is 0.123 e. The number of aliphatic hydroxyl groups excluding tert-OH is 1. The standard InChI is InChI=1S/C15H12FNO/c16-15-5-2-11(3-6-15)7-13-4-1-12(9-17)8-14(13)10-18/h1-6,8,18H,7,10H2. The summed E-state index contributed by atoms with van der Waals surface area (Å²) in [5, 5.41) is 18.1. The number of halogens is 1. The smallest absolute Gasteiger partial charge is 0.123 e. The van der Waals surface area contributed by atoms with Crippen LogP contribution in [0.1, 0.15) is 22.3 Å². The molecule has 0 spiro atoms. The van der Waals surface area contributed by atoms with Crippen molar-refractivity contribution in [1.29, 1.82) is 5.26 Å². The molecule has 0 aromatic heterocycles. The Morgan fingerprint density at radius 1 is 1.06 bits per heavy atom. The topological polar surface area (TPSA) is 44.0 Å². The second-order valence-corrected chi connectivity index (χ2v) is 4.06. The molecule has 2 rings (SSSR count). The van der Waals surface area contributed by atoms with Crippen molar-refractivity contribution in [2.24, 2.45) is 0 Å². The third-order valence-electron chi connectivity index (χ3n) is 2.81. The van der Waals surface area contributed by atoms with Gasteiger partial charge in [-0.1, -0.05) is 18.2 Å². The van der Waals surface area contributed by atoms with Gasteiger partial charge < -0.3 is 5.11 Å². The second kappa shape index (κ2) is 5.44. The Hall–Kier alpha value is -2.18. The van der Waals surface area contributed by atoms with Crippen molar-refractivity contribution in [3.63, 3.8) is 0 Å². The number of nitriles is 1. The molecular weight excluding hydrogens is 229 g/mol. The van der Waals surface area contributed by atoms with Crippen LogP contribution in [0.15, 0.2) is 42.5 Å². The normalized spacial score (nSPS) is 10.1. The highest BCUT2D eigenvalue weighted by molar-refractivity contribution is 5.40. The van der Waals surface area contributed by atoms with Crippen LogP contribution in [0.3, 0.4) is 0 Å². The molecule has 2 nitrogen and oxygen atoms in total. The molecule has 0 amide bonds. The van der Waals surface area contributed by atoms with Gasteiger partial charge in [-0.3, -0.25) is 0 Å². The number of hydrogen-bond donors (Lipinski definition) is 1. The lowest BCUT2D eigenvalue weighted by atomic mass is 9.98. The van der Waals surface area contributed by atoms with E-state index < -0.39 is 0 Å². The van der Waals surface area contributed by atoms with Crippen LogP contribution in [-0.4, -0.2) is 5.11 Å². The van der Waals surface area contributed by atoms with Crippen LogP contribution < -0.4 is 0 Å². The Bertz CT molecular complexity index is 584. The van der Waals surface area contributed by atoms with E-state index in [9.17, 15) is 9.50 Å². The number of rotatable bonds is 3. The maximum absolute atomic E-state index is 12.8. The second-order valence-electron chi connectivity index (χ2n) is 4.06. The predicted octanol–water partition coefficient (Wildman–Crippen LogP) is 2.78. The summed E-state index contributed by atoms with van der Waals surface area (Å²) in [7, 11) is 0. The summed E-state index contributed by atoms with van der Waals surface area (Å²) in [5.41, 5.74) is 3.18. The fourth-order valence-electron chi connectivity index (χ4n) is 1.84. The lowest BCUT2D eigenvalue weighted by molar-refractivity contribution is 0.281. The van der Waals surface area contributed by atoms with Gasteiger partial charge in [0.05, 0.1) is 18.2 Å². The van der Waals surface area contributed by atoms with Gasteiger partial charge >= 0.3 is 0 Å². The number of nitrogens with zero attached hydrogens (tertiary/aromatic N) is 1. The van der Waals surface area contributed by atoms with Gasteiger partial charge in [-0.15, -0.1) is 0 Å². The van der Waals surface area contributed by atoms with E-state index in [0.29, 0.717) is 12.0 Å². The van der Waals surface area contributed by atoms with E-state index in [2.05, 4.69) is 0 Å². The van der Waals surface area contributed by atoms with Crippen LogP contribution in [0.4, 0.5) is 4.39 Å². The molecule has 90 valence electrons. The van der Waals surface area contributed by atoms with E-state index >= 15 is 0 Å². The average Bonchev–Trinajstić information content (AvgIpc) is 2.41. The summed E-state index contributed by atoms with van der Waals surface area (Å²) in [4.78, 5) is 0. The van der Waals surface area contributed by atoms with Crippen LogP contribution >= 0.6 is 0 Å². The van der Waals surface area contributed by atoms with Crippen LogP contribution in [-0.2, 0) is 13.0 Å². The first-order valence-electron chi connectivity index (χ1n) is 5.60. The highest BCUT2D eigenvalue weighted by Gasteiger charge is 2.04. The minimum absolute atomic E-state index is 0.105.